The second-order valence-corrected chi connectivity index (χ2v) is 8.86. The van der Waals surface area contributed by atoms with Crippen LogP contribution in [0.3, 0.4) is 0 Å². The fourth-order valence-electron chi connectivity index (χ4n) is 4.99. The van der Waals surface area contributed by atoms with Crippen LogP contribution in [0.4, 0.5) is 21.8 Å². The molecule has 1 atom stereocenters. The van der Waals surface area contributed by atoms with E-state index in [0.717, 1.165) is 35.3 Å². The van der Waals surface area contributed by atoms with E-state index in [-0.39, 0.29) is 17.4 Å². The zero-order valence-corrected chi connectivity index (χ0v) is 18.6. The van der Waals surface area contributed by atoms with E-state index in [0.29, 0.717) is 41.2 Å². The predicted octanol–water partition coefficient (Wildman–Crippen LogP) is 3.28. The number of benzene rings is 2. The number of ether oxygens (including phenoxy) is 1. The van der Waals surface area contributed by atoms with E-state index in [1.807, 2.05) is 29.7 Å². The van der Waals surface area contributed by atoms with E-state index in [1.165, 1.54) is 12.1 Å². The monoisotopic (exact) mass is 458 g/mol. The Morgan fingerprint density at radius 2 is 2.09 bits per heavy atom. The molecule has 0 unspecified atom stereocenters. The second-order valence-electron chi connectivity index (χ2n) is 8.86. The first kappa shape index (κ1) is 20.5. The third-order valence-corrected chi connectivity index (χ3v) is 6.70. The third-order valence-electron chi connectivity index (χ3n) is 6.70. The van der Waals surface area contributed by atoms with Crippen LogP contribution in [-0.2, 0) is 13.0 Å². The van der Waals surface area contributed by atoms with Crippen LogP contribution in [0, 0.1) is 5.82 Å². The van der Waals surface area contributed by atoms with Crippen molar-refractivity contribution < 1.29 is 9.13 Å². The molecule has 0 saturated carbocycles. The van der Waals surface area contributed by atoms with E-state index in [1.54, 1.807) is 12.4 Å². The normalized spacial score (nSPS) is 16.5. The molecule has 34 heavy (non-hydrogen) atoms. The number of aromatic nitrogens is 3. The first-order chi connectivity index (χ1) is 16.4. The van der Waals surface area contributed by atoms with Crippen molar-refractivity contribution in [1.29, 1.82) is 0 Å². The van der Waals surface area contributed by atoms with Gasteiger partial charge in [-0.05, 0) is 42.7 Å². The topological polar surface area (TPSA) is 112 Å². The summed E-state index contributed by atoms with van der Waals surface area (Å²) in [6.45, 7) is 3.77. The standard InChI is InChI=1S/C25H23FN6O2/c1-13-12-34-23-21(18(26)9-17-20(33)5-7-32(13)22(17)23)15-2-3-19-14(8-15)4-6-31(19)11-16-10-29-25(28)30-24(16)27/h2-3,5,7-10,13H,4,6,11-12H2,1H3,(H4,27,28,29,30)/t13-/m1/s1. The van der Waals surface area contributed by atoms with Gasteiger partial charge in [0.1, 0.15) is 18.2 Å². The van der Waals surface area contributed by atoms with Crippen molar-refractivity contribution >= 4 is 28.4 Å². The molecule has 8 nitrogen and oxygen atoms in total. The number of nitrogen functional groups attached to an aromatic ring is 2. The molecule has 4 heterocycles. The van der Waals surface area contributed by atoms with Gasteiger partial charge < -0.3 is 25.7 Å². The van der Waals surface area contributed by atoms with Gasteiger partial charge >= 0.3 is 0 Å². The highest BCUT2D eigenvalue weighted by Gasteiger charge is 2.27. The number of fused-ring (bicyclic) bond motifs is 1. The van der Waals surface area contributed by atoms with Gasteiger partial charge in [0.05, 0.1) is 22.5 Å². The van der Waals surface area contributed by atoms with Gasteiger partial charge in [-0.25, -0.2) is 9.37 Å². The molecule has 0 saturated heterocycles. The summed E-state index contributed by atoms with van der Waals surface area (Å²) < 4.78 is 23.4. The zero-order valence-electron chi connectivity index (χ0n) is 18.6. The molecule has 2 aromatic carbocycles. The van der Waals surface area contributed by atoms with Gasteiger partial charge in [0.2, 0.25) is 5.95 Å². The lowest BCUT2D eigenvalue weighted by Crippen LogP contribution is -2.23. The van der Waals surface area contributed by atoms with Crippen LogP contribution in [0.25, 0.3) is 22.0 Å². The molecule has 0 aliphatic carbocycles. The Bertz CT molecular complexity index is 1530. The van der Waals surface area contributed by atoms with Gasteiger partial charge in [-0.1, -0.05) is 6.07 Å². The fourth-order valence-corrected chi connectivity index (χ4v) is 4.99. The van der Waals surface area contributed by atoms with Gasteiger partial charge in [0.15, 0.2) is 11.2 Å². The molecule has 0 amide bonds. The van der Waals surface area contributed by atoms with Crippen LogP contribution in [0.1, 0.15) is 24.1 Å². The molecule has 0 bridgehead atoms. The van der Waals surface area contributed by atoms with Crippen molar-refractivity contribution in [2.45, 2.75) is 25.9 Å². The highest BCUT2D eigenvalue weighted by molar-refractivity contribution is 5.94. The summed E-state index contributed by atoms with van der Waals surface area (Å²) >= 11 is 0. The fraction of sp³-hybridized carbons (Fsp3) is 0.240. The first-order valence-corrected chi connectivity index (χ1v) is 11.2. The summed E-state index contributed by atoms with van der Waals surface area (Å²) in [4.78, 5) is 22.7. The van der Waals surface area contributed by atoms with Crippen LogP contribution in [0.15, 0.2) is 47.5 Å². The number of anilines is 3. The van der Waals surface area contributed by atoms with E-state index < -0.39 is 5.82 Å². The molecule has 4 N–H and O–H groups in total. The minimum absolute atomic E-state index is 0.0484. The minimum atomic E-state index is -0.464. The minimum Gasteiger partial charge on any atom is -0.488 e. The summed E-state index contributed by atoms with van der Waals surface area (Å²) in [5, 5.41) is 0.334. The number of pyridine rings is 1. The molecular formula is C25H23FN6O2. The average molecular weight is 458 g/mol. The Hall–Kier alpha value is -4.14. The number of hydrogen-bond donors (Lipinski definition) is 2. The van der Waals surface area contributed by atoms with Crippen LogP contribution in [0.5, 0.6) is 5.75 Å². The molecule has 0 spiro atoms. The maximum atomic E-state index is 15.4. The molecule has 2 aliphatic heterocycles. The van der Waals surface area contributed by atoms with Crippen LogP contribution in [0.2, 0.25) is 0 Å². The van der Waals surface area contributed by atoms with Crippen molar-refractivity contribution in [1.82, 2.24) is 14.5 Å². The maximum Gasteiger partial charge on any atom is 0.221 e. The molecule has 6 rings (SSSR count). The summed E-state index contributed by atoms with van der Waals surface area (Å²) in [6, 6.07) is 8.76. The first-order valence-electron chi connectivity index (χ1n) is 11.2. The Morgan fingerprint density at radius 1 is 1.24 bits per heavy atom. The quantitative estimate of drug-likeness (QED) is 0.484. The Morgan fingerprint density at radius 3 is 2.91 bits per heavy atom. The summed E-state index contributed by atoms with van der Waals surface area (Å²) in [6.07, 6.45) is 4.22. The smallest absolute Gasteiger partial charge is 0.221 e. The number of halogens is 1. The molecule has 4 aromatic rings. The molecule has 2 aromatic heterocycles. The number of nitrogens with zero attached hydrogens (tertiary/aromatic N) is 4. The van der Waals surface area contributed by atoms with E-state index >= 15 is 4.39 Å². The van der Waals surface area contributed by atoms with Crippen molar-refractivity contribution in [3.05, 3.63) is 69.9 Å². The van der Waals surface area contributed by atoms with Crippen molar-refractivity contribution in [2.75, 3.05) is 29.5 Å². The lowest BCUT2D eigenvalue weighted by atomic mass is 9.97. The third kappa shape index (κ3) is 3.07. The summed E-state index contributed by atoms with van der Waals surface area (Å²) in [7, 11) is 0. The number of rotatable bonds is 3. The highest BCUT2D eigenvalue weighted by atomic mass is 19.1. The molecule has 0 radical (unpaired) electrons. The Labute approximate surface area is 194 Å². The summed E-state index contributed by atoms with van der Waals surface area (Å²) in [5.41, 5.74) is 16.1. The largest absolute Gasteiger partial charge is 0.488 e. The predicted molar refractivity (Wildman–Crippen MR) is 129 cm³/mol. The van der Waals surface area contributed by atoms with Gasteiger partial charge in [0, 0.05) is 42.8 Å². The number of nitrogens with two attached hydrogens (primary N) is 2. The molecule has 2 aliphatic rings. The van der Waals surface area contributed by atoms with E-state index in [4.69, 9.17) is 16.2 Å². The van der Waals surface area contributed by atoms with Crippen LogP contribution >= 0.6 is 0 Å². The lowest BCUT2D eigenvalue weighted by molar-refractivity contribution is 0.247. The molecule has 172 valence electrons. The van der Waals surface area contributed by atoms with Gasteiger partial charge in [0.25, 0.3) is 0 Å². The molecule has 9 heteroatoms. The van der Waals surface area contributed by atoms with E-state index in [2.05, 4.69) is 14.9 Å². The lowest BCUT2D eigenvalue weighted by Gasteiger charge is -2.28. The average Bonchev–Trinajstić information content (AvgIpc) is 3.21. The van der Waals surface area contributed by atoms with Gasteiger partial charge in [-0.3, -0.25) is 4.79 Å². The maximum absolute atomic E-state index is 15.4. The van der Waals surface area contributed by atoms with Gasteiger partial charge in [-0.2, -0.15) is 4.98 Å². The summed E-state index contributed by atoms with van der Waals surface area (Å²) in [5.74, 6) is 0.476. The van der Waals surface area contributed by atoms with Crippen molar-refractivity contribution in [3.63, 3.8) is 0 Å². The van der Waals surface area contributed by atoms with E-state index in [9.17, 15) is 4.79 Å². The zero-order chi connectivity index (χ0) is 23.6. The molecule has 0 fully saturated rings. The van der Waals surface area contributed by atoms with Crippen molar-refractivity contribution in [3.8, 4) is 16.9 Å². The second kappa shape index (κ2) is 7.44. The van der Waals surface area contributed by atoms with Gasteiger partial charge in [-0.15, -0.1) is 0 Å². The highest BCUT2D eigenvalue weighted by Crippen LogP contribution is 2.43. The molecular weight excluding hydrogens is 435 g/mol. The van der Waals surface area contributed by atoms with Crippen LogP contribution in [-0.4, -0.2) is 27.7 Å². The number of hydrogen-bond acceptors (Lipinski definition) is 7. The SMILES string of the molecule is C[C@@H]1COc2c(-c3ccc4c(c3)CCN4Cc3cnc(N)nc3N)c(F)cc3c(=O)ccn1c23. The Balaban J connectivity index is 1.43. The van der Waals surface area contributed by atoms with Crippen LogP contribution < -0.4 is 26.5 Å². The van der Waals surface area contributed by atoms with Crippen molar-refractivity contribution in [2.24, 2.45) is 0 Å². The Kier molecular flexibility index (Phi) is 4.48.